The van der Waals surface area contributed by atoms with Crippen molar-refractivity contribution < 1.29 is 4.74 Å². The molecule has 0 saturated carbocycles. The number of hydrogen-bond donors (Lipinski definition) is 0. The second kappa shape index (κ2) is 2.76. The van der Waals surface area contributed by atoms with Gasteiger partial charge >= 0.3 is 0 Å². The van der Waals surface area contributed by atoms with Crippen LogP contribution in [-0.2, 0) is 4.74 Å². The van der Waals surface area contributed by atoms with E-state index in [9.17, 15) is 0 Å². The molecule has 0 spiro atoms. The standard InChI is InChI=1S/C5H9O/c1-4-5(2)6-3/h4H,1H2,2-3H3. The van der Waals surface area contributed by atoms with E-state index >= 15 is 0 Å². The Morgan fingerprint density at radius 3 is 2.33 bits per heavy atom. The number of hydrogen-bond acceptors (Lipinski definition) is 1. The van der Waals surface area contributed by atoms with Gasteiger partial charge in [-0.15, -0.1) is 0 Å². The summed E-state index contributed by atoms with van der Waals surface area (Å²) in [6.45, 7) is 5.32. The zero-order valence-electron chi connectivity index (χ0n) is 4.19. The quantitative estimate of drug-likeness (QED) is 0.437. The van der Waals surface area contributed by atoms with Crippen LogP contribution in [0.25, 0.3) is 0 Å². The van der Waals surface area contributed by atoms with Gasteiger partial charge in [0.15, 0.2) is 0 Å². The van der Waals surface area contributed by atoms with Crippen LogP contribution in [0.1, 0.15) is 6.92 Å². The zero-order chi connectivity index (χ0) is 4.99. The molecule has 0 rings (SSSR count). The summed E-state index contributed by atoms with van der Waals surface area (Å²) in [4.78, 5) is 0. The monoisotopic (exact) mass is 85.1 g/mol. The molecule has 6 heavy (non-hydrogen) atoms. The average molecular weight is 85.1 g/mol. The Labute approximate surface area is 38.6 Å². The van der Waals surface area contributed by atoms with Crippen LogP contribution in [0.15, 0.2) is 11.8 Å². The Hall–Kier alpha value is -0.460. The third-order valence-corrected chi connectivity index (χ3v) is 0.609. The minimum absolute atomic E-state index is 0.856. The Balaban J connectivity index is 3.22. The molecule has 0 aromatic heterocycles. The molecule has 0 aromatic carbocycles. The van der Waals surface area contributed by atoms with Crippen LogP contribution in [0.5, 0.6) is 0 Å². The van der Waals surface area contributed by atoms with Gasteiger partial charge in [-0.05, 0) is 19.9 Å². The lowest BCUT2D eigenvalue weighted by atomic mass is 10.5. The first kappa shape index (κ1) is 5.54. The molecule has 0 saturated heterocycles. The van der Waals surface area contributed by atoms with Gasteiger partial charge in [0, 0.05) is 0 Å². The summed E-state index contributed by atoms with van der Waals surface area (Å²) in [6.07, 6.45) is 1.67. The van der Waals surface area contributed by atoms with Gasteiger partial charge in [0.2, 0.25) is 0 Å². The van der Waals surface area contributed by atoms with Crippen molar-refractivity contribution in [2.24, 2.45) is 0 Å². The summed E-state index contributed by atoms with van der Waals surface area (Å²) in [7, 11) is 1.62. The second-order valence-electron chi connectivity index (χ2n) is 1.02. The molecule has 0 fully saturated rings. The summed E-state index contributed by atoms with van der Waals surface area (Å²) in [6, 6.07) is 0. The van der Waals surface area contributed by atoms with Crippen LogP contribution in [0, 0.1) is 6.92 Å². The predicted molar refractivity (Wildman–Crippen MR) is 26.1 cm³/mol. The summed E-state index contributed by atoms with van der Waals surface area (Å²) < 4.78 is 4.70. The van der Waals surface area contributed by atoms with Gasteiger partial charge < -0.3 is 4.74 Å². The predicted octanol–water partition coefficient (Wildman–Crippen LogP) is 1.37. The minimum atomic E-state index is 0.856. The van der Waals surface area contributed by atoms with Crippen molar-refractivity contribution in [2.45, 2.75) is 6.92 Å². The van der Waals surface area contributed by atoms with Crippen molar-refractivity contribution in [3.05, 3.63) is 18.8 Å². The molecule has 0 aliphatic heterocycles. The van der Waals surface area contributed by atoms with Crippen LogP contribution >= 0.6 is 0 Å². The molecular formula is C5H9O. The molecule has 0 N–H and O–H groups in total. The third kappa shape index (κ3) is 1.82. The molecule has 0 atom stereocenters. The first-order valence-electron chi connectivity index (χ1n) is 1.81. The van der Waals surface area contributed by atoms with Crippen LogP contribution in [-0.4, -0.2) is 7.11 Å². The molecule has 1 nitrogen and oxygen atoms in total. The van der Waals surface area contributed by atoms with Crippen molar-refractivity contribution in [3.63, 3.8) is 0 Å². The topological polar surface area (TPSA) is 9.23 Å². The van der Waals surface area contributed by atoms with Crippen LogP contribution in [0.2, 0.25) is 0 Å². The fourth-order valence-electron chi connectivity index (χ4n) is 0.0833. The van der Waals surface area contributed by atoms with Crippen LogP contribution in [0.3, 0.4) is 0 Å². The Bertz CT molecular complexity index is 55.0. The summed E-state index contributed by atoms with van der Waals surface area (Å²) >= 11 is 0. The smallest absolute Gasteiger partial charge is 0.0884 e. The number of allylic oxidation sites excluding steroid dienone is 2. The van der Waals surface area contributed by atoms with E-state index in [1.54, 1.807) is 13.2 Å². The maximum atomic E-state index is 4.70. The van der Waals surface area contributed by atoms with Crippen molar-refractivity contribution in [1.82, 2.24) is 0 Å². The van der Waals surface area contributed by atoms with Crippen molar-refractivity contribution in [1.29, 1.82) is 0 Å². The largest absolute Gasteiger partial charge is 0.502 e. The molecule has 0 aliphatic carbocycles. The van der Waals surface area contributed by atoms with Gasteiger partial charge in [0.05, 0.1) is 12.9 Å². The Kier molecular flexibility index (Phi) is 2.55. The highest BCUT2D eigenvalue weighted by molar-refractivity contribution is 4.89. The lowest BCUT2D eigenvalue weighted by molar-refractivity contribution is 0.293. The number of ether oxygens (including phenoxy) is 1. The van der Waals surface area contributed by atoms with E-state index in [0.29, 0.717) is 0 Å². The van der Waals surface area contributed by atoms with Gasteiger partial charge in [-0.2, -0.15) is 0 Å². The number of rotatable bonds is 1. The van der Waals surface area contributed by atoms with Crippen molar-refractivity contribution in [3.8, 4) is 0 Å². The molecule has 1 heteroatoms. The van der Waals surface area contributed by atoms with Gasteiger partial charge in [-0.3, -0.25) is 0 Å². The molecule has 0 aromatic rings. The van der Waals surface area contributed by atoms with Gasteiger partial charge in [-0.1, -0.05) is 0 Å². The molecule has 1 radical (unpaired) electrons. The average Bonchev–Trinajstić information content (AvgIpc) is 1.65. The Morgan fingerprint density at radius 2 is 2.33 bits per heavy atom. The highest BCUT2D eigenvalue weighted by Crippen LogP contribution is 1.87. The van der Waals surface area contributed by atoms with Gasteiger partial charge in [0.25, 0.3) is 0 Å². The summed E-state index contributed by atoms with van der Waals surface area (Å²) in [5.41, 5.74) is 0. The minimum Gasteiger partial charge on any atom is -0.502 e. The molecule has 0 heterocycles. The molecule has 0 unspecified atom stereocenters. The number of methoxy groups -OCH3 is 1. The summed E-state index contributed by atoms with van der Waals surface area (Å²) in [5, 5.41) is 0. The highest BCUT2D eigenvalue weighted by atomic mass is 16.5. The molecule has 0 bridgehead atoms. The molecular weight excluding hydrogens is 76.1 g/mol. The third-order valence-electron chi connectivity index (χ3n) is 0.609. The maximum absolute atomic E-state index is 4.70. The van der Waals surface area contributed by atoms with Crippen LogP contribution in [0.4, 0.5) is 0 Å². The molecule has 0 amide bonds. The second-order valence-corrected chi connectivity index (χ2v) is 1.02. The van der Waals surface area contributed by atoms with E-state index < -0.39 is 0 Å². The van der Waals surface area contributed by atoms with E-state index in [2.05, 4.69) is 6.92 Å². The summed E-state index contributed by atoms with van der Waals surface area (Å²) in [5.74, 6) is 0.856. The Morgan fingerprint density at radius 1 is 1.83 bits per heavy atom. The first-order valence-corrected chi connectivity index (χ1v) is 1.81. The fraction of sp³-hybridized carbons (Fsp3) is 0.400. The lowest BCUT2D eigenvalue weighted by Crippen LogP contribution is -1.73. The molecule has 35 valence electrons. The van der Waals surface area contributed by atoms with Crippen molar-refractivity contribution in [2.75, 3.05) is 7.11 Å². The van der Waals surface area contributed by atoms with Crippen LogP contribution < -0.4 is 0 Å². The van der Waals surface area contributed by atoms with Gasteiger partial charge in [-0.25, -0.2) is 0 Å². The van der Waals surface area contributed by atoms with Gasteiger partial charge in [0.1, 0.15) is 0 Å². The maximum Gasteiger partial charge on any atom is 0.0884 e. The fourth-order valence-corrected chi connectivity index (χ4v) is 0.0833. The SMILES string of the molecule is [CH2]C=C(C)OC. The normalized spacial score (nSPS) is 11.5. The lowest BCUT2D eigenvalue weighted by Gasteiger charge is -1.91. The first-order chi connectivity index (χ1) is 2.81. The van der Waals surface area contributed by atoms with E-state index in [1.165, 1.54) is 0 Å². The zero-order valence-corrected chi connectivity index (χ0v) is 4.19. The molecule has 0 aliphatic rings. The van der Waals surface area contributed by atoms with E-state index in [-0.39, 0.29) is 0 Å². The van der Waals surface area contributed by atoms with Crippen molar-refractivity contribution >= 4 is 0 Å². The van der Waals surface area contributed by atoms with E-state index in [4.69, 9.17) is 4.74 Å². The highest BCUT2D eigenvalue weighted by Gasteiger charge is 1.72. The van der Waals surface area contributed by atoms with E-state index in [1.807, 2.05) is 6.92 Å². The van der Waals surface area contributed by atoms with E-state index in [0.717, 1.165) is 5.76 Å².